The number of hydrogen-bond acceptors (Lipinski definition) is 3. The van der Waals surface area contributed by atoms with Crippen molar-refractivity contribution in [2.45, 2.75) is 44.8 Å². The van der Waals surface area contributed by atoms with Gasteiger partial charge in [-0.2, -0.15) is 0 Å². The summed E-state index contributed by atoms with van der Waals surface area (Å²) < 4.78 is 5.49. The first kappa shape index (κ1) is 11.9. The highest BCUT2D eigenvalue weighted by molar-refractivity contribution is 5.76. The maximum Gasteiger partial charge on any atom is 0.221 e. The van der Waals surface area contributed by atoms with Crippen LogP contribution in [-0.4, -0.2) is 37.7 Å². The molecule has 0 aromatic rings. The molecule has 0 radical (unpaired) electrons. The van der Waals surface area contributed by atoms with Crippen molar-refractivity contribution in [3.63, 3.8) is 0 Å². The lowest BCUT2D eigenvalue weighted by molar-refractivity contribution is -0.121. The van der Waals surface area contributed by atoms with Crippen molar-refractivity contribution in [1.82, 2.24) is 10.6 Å². The van der Waals surface area contributed by atoms with Crippen LogP contribution in [0.1, 0.15) is 32.6 Å². The summed E-state index contributed by atoms with van der Waals surface area (Å²) >= 11 is 0. The number of carbonyl (C=O) groups excluding carboxylic acids is 1. The zero-order valence-electron chi connectivity index (χ0n) is 10.00. The van der Waals surface area contributed by atoms with Crippen molar-refractivity contribution >= 4 is 5.91 Å². The maximum absolute atomic E-state index is 11.4. The fourth-order valence-electron chi connectivity index (χ4n) is 2.06. The van der Waals surface area contributed by atoms with Crippen LogP contribution in [0.4, 0.5) is 0 Å². The molecule has 92 valence electrons. The van der Waals surface area contributed by atoms with E-state index in [-0.39, 0.29) is 5.91 Å². The molecule has 2 atom stereocenters. The zero-order valence-corrected chi connectivity index (χ0v) is 10.00. The first-order valence-electron chi connectivity index (χ1n) is 6.37. The lowest BCUT2D eigenvalue weighted by Crippen LogP contribution is -2.32. The lowest BCUT2D eigenvalue weighted by Gasteiger charge is -2.14. The zero-order chi connectivity index (χ0) is 11.4. The molecule has 2 rings (SSSR count). The van der Waals surface area contributed by atoms with Crippen LogP contribution >= 0.6 is 0 Å². The van der Waals surface area contributed by atoms with E-state index in [0.29, 0.717) is 24.5 Å². The van der Waals surface area contributed by atoms with Gasteiger partial charge in [-0.1, -0.05) is 0 Å². The Morgan fingerprint density at radius 3 is 2.81 bits per heavy atom. The Bertz CT molecular complexity index is 241. The number of nitrogens with one attached hydrogen (secondary N) is 2. The standard InChI is InChI=1S/C12H22N2O2/c1-9-10(5-7-16-9)8-13-6-4-12(15)14-11-2-3-11/h9-11,13H,2-8H2,1H3,(H,14,15). The molecule has 0 spiro atoms. The molecular formula is C12H22N2O2. The van der Waals surface area contributed by atoms with E-state index in [1.165, 1.54) is 0 Å². The maximum atomic E-state index is 11.4. The van der Waals surface area contributed by atoms with Crippen LogP contribution < -0.4 is 10.6 Å². The summed E-state index contributed by atoms with van der Waals surface area (Å²) in [6, 6.07) is 0.482. The Morgan fingerprint density at radius 2 is 2.19 bits per heavy atom. The molecule has 1 aliphatic carbocycles. The first-order valence-corrected chi connectivity index (χ1v) is 6.37. The molecule has 2 aliphatic rings. The predicted octanol–water partition coefficient (Wildman–Crippen LogP) is 0.670. The Balaban J connectivity index is 1.49. The Labute approximate surface area is 97.1 Å². The topological polar surface area (TPSA) is 50.4 Å². The lowest BCUT2D eigenvalue weighted by atomic mass is 10.0. The second-order valence-corrected chi connectivity index (χ2v) is 4.92. The summed E-state index contributed by atoms with van der Waals surface area (Å²) in [5, 5.41) is 6.33. The third-order valence-corrected chi connectivity index (χ3v) is 3.41. The number of hydrogen-bond donors (Lipinski definition) is 2. The van der Waals surface area contributed by atoms with Gasteiger partial charge in [-0.3, -0.25) is 4.79 Å². The number of carbonyl (C=O) groups is 1. The van der Waals surface area contributed by atoms with Gasteiger partial charge in [-0.15, -0.1) is 0 Å². The van der Waals surface area contributed by atoms with Gasteiger partial charge >= 0.3 is 0 Å². The van der Waals surface area contributed by atoms with E-state index in [1.807, 2.05) is 0 Å². The highest BCUT2D eigenvalue weighted by Crippen LogP contribution is 2.19. The summed E-state index contributed by atoms with van der Waals surface area (Å²) in [6.07, 6.45) is 4.43. The highest BCUT2D eigenvalue weighted by atomic mass is 16.5. The molecular weight excluding hydrogens is 204 g/mol. The third-order valence-electron chi connectivity index (χ3n) is 3.41. The second kappa shape index (κ2) is 5.64. The van der Waals surface area contributed by atoms with Crippen molar-refractivity contribution < 1.29 is 9.53 Å². The van der Waals surface area contributed by atoms with Crippen LogP contribution in [0.3, 0.4) is 0 Å². The van der Waals surface area contributed by atoms with Gasteiger partial charge < -0.3 is 15.4 Å². The number of rotatable bonds is 6. The Kier molecular flexibility index (Phi) is 4.18. The molecule has 2 fully saturated rings. The van der Waals surface area contributed by atoms with E-state index in [9.17, 15) is 4.79 Å². The largest absolute Gasteiger partial charge is 0.378 e. The molecule has 0 aromatic carbocycles. The average Bonchev–Trinajstić information content (AvgIpc) is 2.96. The monoisotopic (exact) mass is 226 g/mol. The molecule has 1 heterocycles. The minimum atomic E-state index is 0.186. The summed E-state index contributed by atoms with van der Waals surface area (Å²) in [5.41, 5.74) is 0. The van der Waals surface area contributed by atoms with E-state index in [2.05, 4.69) is 17.6 Å². The molecule has 4 nitrogen and oxygen atoms in total. The van der Waals surface area contributed by atoms with Crippen LogP contribution in [0.15, 0.2) is 0 Å². The molecule has 1 amide bonds. The van der Waals surface area contributed by atoms with E-state index in [0.717, 1.165) is 39.0 Å². The Morgan fingerprint density at radius 1 is 1.38 bits per heavy atom. The van der Waals surface area contributed by atoms with E-state index < -0.39 is 0 Å². The van der Waals surface area contributed by atoms with Gasteiger partial charge in [0.1, 0.15) is 0 Å². The van der Waals surface area contributed by atoms with Gasteiger partial charge in [0.2, 0.25) is 5.91 Å². The number of ether oxygens (including phenoxy) is 1. The van der Waals surface area contributed by atoms with Gasteiger partial charge in [-0.05, 0) is 32.1 Å². The normalized spacial score (nSPS) is 29.3. The van der Waals surface area contributed by atoms with Crippen molar-refractivity contribution in [3.05, 3.63) is 0 Å². The predicted molar refractivity (Wildman–Crippen MR) is 62.2 cm³/mol. The van der Waals surface area contributed by atoms with Gasteiger partial charge in [0.25, 0.3) is 0 Å². The SMILES string of the molecule is CC1OCCC1CNCCC(=O)NC1CC1. The fraction of sp³-hybridized carbons (Fsp3) is 0.917. The van der Waals surface area contributed by atoms with E-state index >= 15 is 0 Å². The minimum Gasteiger partial charge on any atom is -0.378 e. The van der Waals surface area contributed by atoms with Crippen LogP contribution in [-0.2, 0) is 9.53 Å². The molecule has 1 saturated carbocycles. The Hall–Kier alpha value is -0.610. The van der Waals surface area contributed by atoms with Gasteiger partial charge in [0.15, 0.2) is 0 Å². The highest BCUT2D eigenvalue weighted by Gasteiger charge is 2.24. The van der Waals surface area contributed by atoms with Crippen molar-refractivity contribution in [2.75, 3.05) is 19.7 Å². The molecule has 16 heavy (non-hydrogen) atoms. The smallest absolute Gasteiger partial charge is 0.221 e. The first-order chi connectivity index (χ1) is 7.75. The molecule has 0 bridgehead atoms. The summed E-state index contributed by atoms with van der Waals surface area (Å²) in [5.74, 6) is 0.803. The molecule has 2 N–H and O–H groups in total. The summed E-state index contributed by atoms with van der Waals surface area (Å²) in [4.78, 5) is 11.4. The molecule has 1 saturated heterocycles. The minimum absolute atomic E-state index is 0.186. The van der Waals surface area contributed by atoms with Crippen LogP contribution in [0.25, 0.3) is 0 Å². The average molecular weight is 226 g/mol. The fourth-order valence-corrected chi connectivity index (χ4v) is 2.06. The molecule has 0 aromatic heterocycles. The van der Waals surface area contributed by atoms with Crippen molar-refractivity contribution in [2.24, 2.45) is 5.92 Å². The van der Waals surface area contributed by atoms with E-state index in [1.54, 1.807) is 0 Å². The third kappa shape index (κ3) is 3.76. The molecule has 4 heteroatoms. The second-order valence-electron chi connectivity index (χ2n) is 4.92. The van der Waals surface area contributed by atoms with Crippen LogP contribution in [0, 0.1) is 5.92 Å². The van der Waals surface area contributed by atoms with Crippen molar-refractivity contribution in [1.29, 1.82) is 0 Å². The van der Waals surface area contributed by atoms with Gasteiger partial charge in [0, 0.05) is 32.2 Å². The van der Waals surface area contributed by atoms with Crippen LogP contribution in [0.2, 0.25) is 0 Å². The summed E-state index contributed by atoms with van der Waals surface area (Å²) in [6.45, 7) is 4.76. The summed E-state index contributed by atoms with van der Waals surface area (Å²) in [7, 11) is 0. The van der Waals surface area contributed by atoms with Gasteiger partial charge in [0.05, 0.1) is 6.10 Å². The van der Waals surface area contributed by atoms with Gasteiger partial charge in [-0.25, -0.2) is 0 Å². The molecule has 2 unspecified atom stereocenters. The van der Waals surface area contributed by atoms with Crippen molar-refractivity contribution in [3.8, 4) is 0 Å². The van der Waals surface area contributed by atoms with Crippen LogP contribution in [0.5, 0.6) is 0 Å². The molecule has 1 aliphatic heterocycles. The van der Waals surface area contributed by atoms with E-state index in [4.69, 9.17) is 4.74 Å². The number of amides is 1. The quantitative estimate of drug-likeness (QED) is 0.655.